The summed E-state index contributed by atoms with van der Waals surface area (Å²) in [6, 6.07) is 30.1. The molecule has 4 aromatic carbocycles. The number of rotatable bonds is 6. The fourth-order valence-electron chi connectivity index (χ4n) is 5.23. The zero-order valence-electron chi connectivity index (χ0n) is 20.4. The van der Waals surface area contributed by atoms with E-state index in [2.05, 4.69) is 110 Å². The molecular weight excluding hydrogens is 416 g/mol. The largest absolute Gasteiger partial charge is 0.439 e. The van der Waals surface area contributed by atoms with Gasteiger partial charge < -0.3 is 15.0 Å². The molecule has 1 N–H and O–H groups in total. The molecule has 3 heteroatoms. The van der Waals surface area contributed by atoms with Gasteiger partial charge in [0, 0.05) is 25.2 Å². The molecule has 1 atom stereocenters. The van der Waals surface area contributed by atoms with E-state index in [9.17, 15) is 0 Å². The lowest BCUT2D eigenvalue weighted by Gasteiger charge is -2.33. The summed E-state index contributed by atoms with van der Waals surface area (Å²) in [5.41, 5.74) is 6.19. The van der Waals surface area contributed by atoms with Crippen molar-refractivity contribution < 1.29 is 4.74 Å². The standard InChI is InChI=1S/C31H32N2O/c1-22-11-5-6-13-24(22)21-31(2,20-19-29-33(4)27-15-9-10-16-28(27)34-29)30-25-14-8-7-12-23(25)17-18-26(30)32-3/h5-19,32H,20-21H2,1-4H3/b29-19-. The summed E-state index contributed by atoms with van der Waals surface area (Å²) in [5.74, 6) is 1.81. The van der Waals surface area contributed by atoms with E-state index in [-0.39, 0.29) is 5.41 Å². The lowest BCUT2D eigenvalue weighted by molar-refractivity contribution is 0.425. The summed E-state index contributed by atoms with van der Waals surface area (Å²) in [4.78, 5) is 2.14. The van der Waals surface area contributed by atoms with Crippen LogP contribution in [-0.4, -0.2) is 14.1 Å². The van der Waals surface area contributed by atoms with Crippen molar-refractivity contribution in [1.82, 2.24) is 0 Å². The Labute approximate surface area is 202 Å². The van der Waals surface area contributed by atoms with Gasteiger partial charge in [0.15, 0.2) is 11.6 Å². The maximum atomic E-state index is 6.24. The Morgan fingerprint density at radius 3 is 2.44 bits per heavy atom. The van der Waals surface area contributed by atoms with Crippen LogP contribution in [0.1, 0.15) is 30.0 Å². The van der Waals surface area contributed by atoms with Crippen LogP contribution >= 0.6 is 0 Å². The highest BCUT2D eigenvalue weighted by molar-refractivity contribution is 5.91. The lowest BCUT2D eigenvalue weighted by Crippen LogP contribution is -2.27. The Hall–Kier alpha value is -3.72. The predicted molar refractivity (Wildman–Crippen MR) is 144 cm³/mol. The molecule has 5 rings (SSSR count). The van der Waals surface area contributed by atoms with Crippen molar-refractivity contribution in [3.05, 3.63) is 114 Å². The molecule has 1 aliphatic rings. The smallest absolute Gasteiger partial charge is 0.196 e. The van der Waals surface area contributed by atoms with Crippen molar-refractivity contribution in [2.45, 2.75) is 32.1 Å². The number of ether oxygens (including phenoxy) is 1. The Kier molecular flexibility index (Phi) is 5.79. The molecule has 0 fully saturated rings. The molecule has 1 heterocycles. The molecule has 1 unspecified atom stereocenters. The van der Waals surface area contributed by atoms with Crippen LogP contribution in [0.5, 0.6) is 5.75 Å². The Morgan fingerprint density at radius 1 is 0.912 bits per heavy atom. The number of nitrogens with zero attached hydrogens (tertiary/aromatic N) is 1. The number of aryl methyl sites for hydroxylation is 1. The van der Waals surface area contributed by atoms with Crippen LogP contribution in [0, 0.1) is 6.92 Å². The van der Waals surface area contributed by atoms with Crippen LogP contribution in [0.15, 0.2) is 96.9 Å². The normalized spacial score (nSPS) is 15.8. The van der Waals surface area contributed by atoms with E-state index >= 15 is 0 Å². The fraction of sp³-hybridized carbons (Fsp3) is 0.226. The van der Waals surface area contributed by atoms with Gasteiger partial charge in [-0.25, -0.2) is 0 Å². The zero-order valence-corrected chi connectivity index (χ0v) is 20.4. The molecular formula is C31H32N2O. The summed E-state index contributed by atoms with van der Waals surface area (Å²) >= 11 is 0. The third kappa shape index (κ3) is 3.92. The first-order chi connectivity index (χ1) is 16.5. The van der Waals surface area contributed by atoms with Gasteiger partial charge in [-0.1, -0.05) is 73.7 Å². The minimum atomic E-state index is -0.155. The number of allylic oxidation sites excluding steroid dienone is 1. The summed E-state index contributed by atoms with van der Waals surface area (Å²) in [5, 5.41) is 6.05. The van der Waals surface area contributed by atoms with E-state index in [4.69, 9.17) is 4.74 Å². The summed E-state index contributed by atoms with van der Waals surface area (Å²) in [6.07, 6.45) is 4.04. The van der Waals surface area contributed by atoms with E-state index in [1.54, 1.807) is 0 Å². The Balaban J connectivity index is 1.63. The van der Waals surface area contributed by atoms with Crippen LogP contribution in [-0.2, 0) is 11.8 Å². The van der Waals surface area contributed by atoms with Gasteiger partial charge in [0.2, 0.25) is 0 Å². The molecule has 1 aliphatic heterocycles. The number of hydrogen-bond acceptors (Lipinski definition) is 3. The first-order valence-corrected chi connectivity index (χ1v) is 12.0. The van der Waals surface area contributed by atoms with Gasteiger partial charge in [-0.3, -0.25) is 0 Å². The van der Waals surface area contributed by atoms with E-state index < -0.39 is 0 Å². The quantitative estimate of drug-likeness (QED) is 0.331. The van der Waals surface area contributed by atoms with Crippen LogP contribution in [0.2, 0.25) is 0 Å². The highest BCUT2D eigenvalue weighted by Crippen LogP contribution is 2.43. The molecule has 0 aliphatic carbocycles. The predicted octanol–water partition coefficient (Wildman–Crippen LogP) is 7.45. The van der Waals surface area contributed by atoms with Crippen molar-refractivity contribution in [2.75, 3.05) is 24.3 Å². The second-order valence-corrected chi connectivity index (χ2v) is 9.50. The number of hydrogen-bond donors (Lipinski definition) is 1. The van der Waals surface area contributed by atoms with Gasteiger partial charge in [-0.15, -0.1) is 0 Å². The van der Waals surface area contributed by atoms with Gasteiger partial charge in [-0.2, -0.15) is 0 Å². The topological polar surface area (TPSA) is 24.5 Å². The molecule has 0 saturated carbocycles. The van der Waals surface area contributed by atoms with E-state index in [1.165, 1.54) is 33.2 Å². The Morgan fingerprint density at radius 2 is 1.65 bits per heavy atom. The molecule has 0 bridgehead atoms. The van der Waals surface area contributed by atoms with Crippen LogP contribution in [0.3, 0.4) is 0 Å². The average molecular weight is 449 g/mol. The van der Waals surface area contributed by atoms with E-state index in [1.807, 2.05) is 19.2 Å². The Bertz CT molecular complexity index is 1370. The molecule has 0 radical (unpaired) electrons. The van der Waals surface area contributed by atoms with Crippen molar-refractivity contribution in [3.8, 4) is 5.75 Å². The van der Waals surface area contributed by atoms with Crippen molar-refractivity contribution >= 4 is 22.1 Å². The van der Waals surface area contributed by atoms with Crippen molar-refractivity contribution in [1.29, 1.82) is 0 Å². The first kappa shape index (κ1) is 22.1. The molecule has 172 valence electrons. The van der Waals surface area contributed by atoms with Crippen LogP contribution in [0.4, 0.5) is 11.4 Å². The van der Waals surface area contributed by atoms with Gasteiger partial charge >= 0.3 is 0 Å². The fourth-order valence-corrected chi connectivity index (χ4v) is 5.23. The maximum absolute atomic E-state index is 6.24. The van der Waals surface area contributed by atoms with Gasteiger partial charge in [0.1, 0.15) is 0 Å². The maximum Gasteiger partial charge on any atom is 0.196 e. The second-order valence-electron chi connectivity index (χ2n) is 9.50. The van der Waals surface area contributed by atoms with E-state index in [0.717, 1.165) is 30.2 Å². The SMILES string of the molecule is CNc1ccc2ccccc2c1C(C)(C/C=C1\Oc2ccccc2N1C)Cc1ccccc1C. The number of benzene rings is 4. The lowest BCUT2D eigenvalue weighted by atomic mass is 9.71. The molecule has 0 amide bonds. The van der Waals surface area contributed by atoms with Crippen LogP contribution in [0.25, 0.3) is 10.8 Å². The molecule has 34 heavy (non-hydrogen) atoms. The summed E-state index contributed by atoms with van der Waals surface area (Å²) in [7, 11) is 4.10. The number of anilines is 2. The highest BCUT2D eigenvalue weighted by atomic mass is 16.5. The van der Waals surface area contributed by atoms with Crippen LogP contribution < -0.4 is 15.0 Å². The molecule has 0 spiro atoms. The summed E-state index contributed by atoms with van der Waals surface area (Å²) in [6.45, 7) is 4.60. The molecule has 0 saturated heterocycles. The minimum absolute atomic E-state index is 0.155. The number of nitrogens with one attached hydrogen (secondary N) is 1. The van der Waals surface area contributed by atoms with Crippen molar-refractivity contribution in [3.63, 3.8) is 0 Å². The second kappa shape index (κ2) is 8.90. The zero-order chi connectivity index (χ0) is 23.7. The van der Waals surface area contributed by atoms with E-state index in [0.29, 0.717) is 0 Å². The molecule has 4 aromatic rings. The van der Waals surface area contributed by atoms with Gasteiger partial charge in [0.25, 0.3) is 0 Å². The third-order valence-electron chi connectivity index (χ3n) is 7.14. The molecule has 0 aromatic heterocycles. The highest BCUT2D eigenvalue weighted by Gasteiger charge is 2.32. The monoisotopic (exact) mass is 448 g/mol. The van der Waals surface area contributed by atoms with Gasteiger partial charge in [-0.05, 0) is 71.5 Å². The number of fused-ring (bicyclic) bond motifs is 2. The third-order valence-corrected chi connectivity index (χ3v) is 7.14. The number of para-hydroxylation sites is 2. The first-order valence-electron chi connectivity index (χ1n) is 12.0. The van der Waals surface area contributed by atoms with Gasteiger partial charge in [0.05, 0.1) is 5.69 Å². The summed E-state index contributed by atoms with van der Waals surface area (Å²) < 4.78 is 6.24. The minimum Gasteiger partial charge on any atom is -0.439 e. The molecule has 3 nitrogen and oxygen atoms in total. The van der Waals surface area contributed by atoms with Crippen molar-refractivity contribution in [2.24, 2.45) is 0 Å². The average Bonchev–Trinajstić information content (AvgIpc) is 3.19.